The lowest BCUT2D eigenvalue weighted by Crippen LogP contribution is -2.41. The van der Waals surface area contributed by atoms with Gasteiger partial charge in [-0.2, -0.15) is 0 Å². The number of hydrogen-bond donors (Lipinski definition) is 0. The molecule has 0 amide bonds. The van der Waals surface area contributed by atoms with E-state index in [1.165, 1.54) is 16.3 Å². The van der Waals surface area contributed by atoms with E-state index in [1.54, 1.807) is 0 Å². The molecule has 2 aliphatic rings. The molecule has 0 heterocycles. The molecule has 2 aliphatic carbocycles. The molecule has 0 aromatic heterocycles. The summed E-state index contributed by atoms with van der Waals surface area (Å²) in [5, 5.41) is 1.52. The number of Topliss-reactive ketones (excluding diaryl/α,β-unsaturated/α-hetero) is 1. The van der Waals surface area contributed by atoms with Gasteiger partial charge in [0.1, 0.15) is 0 Å². The number of allylic oxidation sites excluding steroid dienone is 4. The number of ketones is 1. The van der Waals surface area contributed by atoms with Crippen LogP contribution in [0.25, 0.3) is 0 Å². The van der Waals surface area contributed by atoms with Crippen LogP contribution >= 0.6 is 0 Å². The SMILES string of the molecule is CC1=C2C(=C([Si](C)(C)C)C2C)C(=O)CC1. The molecule has 0 aromatic rings. The van der Waals surface area contributed by atoms with Crippen molar-refractivity contribution in [2.75, 3.05) is 0 Å². The van der Waals surface area contributed by atoms with Crippen molar-refractivity contribution < 1.29 is 4.79 Å². The molecule has 2 rings (SSSR count). The number of fused-ring (bicyclic) bond motifs is 1. The lowest BCUT2D eigenvalue weighted by Gasteiger charge is -2.43. The van der Waals surface area contributed by atoms with Crippen LogP contribution in [0.2, 0.25) is 19.6 Å². The highest BCUT2D eigenvalue weighted by atomic mass is 28.3. The topological polar surface area (TPSA) is 17.1 Å². The molecule has 1 nitrogen and oxygen atoms in total. The molecule has 1 unspecified atom stereocenters. The van der Waals surface area contributed by atoms with Crippen LogP contribution in [0, 0.1) is 5.92 Å². The molecule has 15 heavy (non-hydrogen) atoms. The summed E-state index contributed by atoms with van der Waals surface area (Å²) in [6, 6.07) is 0. The Labute approximate surface area is 93.3 Å². The van der Waals surface area contributed by atoms with Crippen LogP contribution in [0.1, 0.15) is 26.7 Å². The minimum absolute atomic E-state index is 0.408. The summed E-state index contributed by atoms with van der Waals surface area (Å²) in [6.45, 7) is 11.5. The fourth-order valence-corrected chi connectivity index (χ4v) is 5.58. The number of hydrogen-bond acceptors (Lipinski definition) is 1. The molecular formula is C13H20OSi. The minimum Gasteiger partial charge on any atom is -0.294 e. The normalized spacial score (nSPS) is 26.7. The number of rotatable bonds is 1. The van der Waals surface area contributed by atoms with Gasteiger partial charge in [-0.15, -0.1) is 0 Å². The Morgan fingerprint density at radius 3 is 2.33 bits per heavy atom. The van der Waals surface area contributed by atoms with Crippen molar-refractivity contribution in [1.82, 2.24) is 0 Å². The maximum atomic E-state index is 11.9. The van der Waals surface area contributed by atoms with Crippen molar-refractivity contribution in [1.29, 1.82) is 0 Å². The van der Waals surface area contributed by atoms with Crippen LogP contribution in [0.5, 0.6) is 0 Å². The van der Waals surface area contributed by atoms with Crippen molar-refractivity contribution in [3.8, 4) is 0 Å². The Morgan fingerprint density at radius 1 is 1.20 bits per heavy atom. The smallest absolute Gasteiger partial charge is 0.163 e. The van der Waals surface area contributed by atoms with Crippen molar-refractivity contribution in [3.05, 3.63) is 21.9 Å². The van der Waals surface area contributed by atoms with Crippen molar-refractivity contribution in [3.63, 3.8) is 0 Å². The summed E-state index contributed by atoms with van der Waals surface area (Å²) in [6.07, 6.45) is 1.73. The van der Waals surface area contributed by atoms with Crippen molar-refractivity contribution in [2.24, 2.45) is 5.92 Å². The summed E-state index contributed by atoms with van der Waals surface area (Å²) in [4.78, 5) is 11.9. The lowest BCUT2D eigenvalue weighted by molar-refractivity contribution is -0.115. The van der Waals surface area contributed by atoms with E-state index in [4.69, 9.17) is 0 Å². The van der Waals surface area contributed by atoms with Crippen molar-refractivity contribution in [2.45, 2.75) is 46.3 Å². The zero-order valence-electron chi connectivity index (χ0n) is 10.4. The highest BCUT2D eigenvalue weighted by molar-refractivity contribution is 6.84. The van der Waals surface area contributed by atoms with Crippen LogP contribution in [0.15, 0.2) is 21.9 Å². The van der Waals surface area contributed by atoms with Crippen LogP contribution in [0.4, 0.5) is 0 Å². The average Bonchev–Trinajstić information content (AvgIpc) is 2.06. The summed E-state index contributed by atoms with van der Waals surface area (Å²) in [5.41, 5.74) is 3.99. The van der Waals surface area contributed by atoms with Gasteiger partial charge in [0, 0.05) is 17.9 Å². The van der Waals surface area contributed by atoms with Gasteiger partial charge < -0.3 is 0 Å². The maximum Gasteiger partial charge on any atom is 0.163 e. The Balaban J connectivity index is 2.57. The monoisotopic (exact) mass is 220 g/mol. The summed E-state index contributed by atoms with van der Waals surface area (Å²) in [5.74, 6) is 0.974. The fourth-order valence-electron chi connectivity index (χ4n) is 3.11. The lowest BCUT2D eigenvalue weighted by atomic mass is 9.71. The molecule has 0 saturated heterocycles. The van der Waals surface area contributed by atoms with E-state index >= 15 is 0 Å². The molecule has 0 fully saturated rings. The minimum atomic E-state index is -1.29. The zero-order valence-corrected chi connectivity index (χ0v) is 11.4. The van der Waals surface area contributed by atoms with E-state index in [0.29, 0.717) is 11.7 Å². The van der Waals surface area contributed by atoms with Crippen LogP contribution in [-0.2, 0) is 4.79 Å². The molecular weight excluding hydrogens is 200 g/mol. The Bertz CT molecular complexity index is 393. The van der Waals surface area contributed by atoms with Gasteiger partial charge in [0.2, 0.25) is 0 Å². The van der Waals surface area contributed by atoms with Gasteiger partial charge in [-0.3, -0.25) is 4.79 Å². The fraction of sp³-hybridized carbons (Fsp3) is 0.615. The summed E-state index contributed by atoms with van der Waals surface area (Å²) in [7, 11) is -1.29. The third-order valence-corrected chi connectivity index (χ3v) is 5.98. The van der Waals surface area contributed by atoms with Crippen LogP contribution in [-0.4, -0.2) is 13.9 Å². The van der Waals surface area contributed by atoms with Gasteiger partial charge in [0.15, 0.2) is 5.78 Å². The Kier molecular flexibility index (Phi) is 2.30. The van der Waals surface area contributed by atoms with Crippen LogP contribution in [0.3, 0.4) is 0 Å². The predicted molar refractivity (Wildman–Crippen MR) is 66.5 cm³/mol. The molecule has 2 heteroatoms. The highest BCUT2D eigenvalue weighted by Crippen LogP contribution is 2.49. The van der Waals surface area contributed by atoms with E-state index in [0.717, 1.165) is 18.4 Å². The molecule has 0 aliphatic heterocycles. The van der Waals surface area contributed by atoms with Crippen LogP contribution < -0.4 is 0 Å². The third-order valence-electron chi connectivity index (χ3n) is 3.68. The standard InChI is InChI=1S/C13H20OSi/c1-8-6-7-10(14)12-11(8)9(2)13(12)15(3,4)5/h9H,6-7H2,1-5H3. The zero-order chi connectivity index (χ0) is 11.4. The molecule has 82 valence electrons. The predicted octanol–water partition coefficient (Wildman–Crippen LogP) is 3.49. The first kappa shape index (κ1) is 10.9. The first-order valence-electron chi connectivity index (χ1n) is 5.82. The molecule has 1 atom stereocenters. The van der Waals surface area contributed by atoms with Crippen molar-refractivity contribution >= 4 is 13.9 Å². The molecule has 0 N–H and O–H groups in total. The van der Waals surface area contributed by atoms with Gasteiger partial charge >= 0.3 is 0 Å². The van der Waals surface area contributed by atoms with Gasteiger partial charge in [-0.25, -0.2) is 0 Å². The first-order valence-corrected chi connectivity index (χ1v) is 9.32. The quantitative estimate of drug-likeness (QED) is 0.618. The average molecular weight is 220 g/mol. The Morgan fingerprint density at radius 2 is 1.80 bits per heavy atom. The van der Waals surface area contributed by atoms with E-state index in [2.05, 4.69) is 33.5 Å². The Hall–Kier alpha value is -0.633. The summed E-state index contributed by atoms with van der Waals surface area (Å²) < 4.78 is 0. The molecule has 0 aromatic carbocycles. The first-order chi connectivity index (χ1) is 6.84. The van der Waals surface area contributed by atoms with Gasteiger partial charge in [-0.1, -0.05) is 37.3 Å². The van der Waals surface area contributed by atoms with E-state index in [-0.39, 0.29) is 0 Å². The van der Waals surface area contributed by atoms with Gasteiger partial charge in [0.05, 0.1) is 8.07 Å². The molecule has 0 saturated carbocycles. The second kappa shape index (κ2) is 3.18. The number of carbonyl (C=O) groups excluding carboxylic acids is 1. The van der Waals surface area contributed by atoms with Gasteiger partial charge in [0.25, 0.3) is 0 Å². The van der Waals surface area contributed by atoms with E-state index < -0.39 is 8.07 Å². The maximum absolute atomic E-state index is 11.9. The second-order valence-corrected chi connectivity index (χ2v) is 10.9. The molecule has 0 spiro atoms. The second-order valence-electron chi connectivity index (χ2n) is 5.88. The molecule has 0 bridgehead atoms. The highest BCUT2D eigenvalue weighted by Gasteiger charge is 2.43. The van der Waals surface area contributed by atoms with E-state index in [9.17, 15) is 4.79 Å². The third kappa shape index (κ3) is 1.46. The summed E-state index contributed by atoms with van der Waals surface area (Å²) >= 11 is 0. The van der Waals surface area contributed by atoms with Gasteiger partial charge in [-0.05, 0) is 18.9 Å². The molecule has 0 radical (unpaired) electrons. The number of carbonyl (C=O) groups is 1. The largest absolute Gasteiger partial charge is 0.294 e. The van der Waals surface area contributed by atoms with E-state index in [1.807, 2.05) is 0 Å².